The van der Waals surface area contributed by atoms with Crippen LogP contribution in [0.15, 0.2) is 21.4 Å². The van der Waals surface area contributed by atoms with Crippen LogP contribution in [0.5, 0.6) is 0 Å². The van der Waals surface area contributed by atoms with Crippen LogP contribution in [-0.2, 0) is 9.84 Å². The van der Waals surface area contributed by atoms with Gasteiger partial charge >= 0.3 is 0 Å². The number of terminal acetylenes is 1. The highest BCUT2D eigenvalue weighted by atomic mass is 79.9. The van der Waals surface area contributed by atoms with Gasteiger partial charge in [0, 0.05) is 6.04 Å². The van der Waals surface area contributed by atoms with Gasteiger partial charge in [0.2, 0.25) is 0 Å². The number of furan rings is 1. The number of amides is 1. The third-order valence-corrected chi connectivity index (χ3v) is 5.38. The van der Waals surface area contributed by atoms with Crippen LogP contribution in [0.2, 0.25) is 0 Å². The molecule has 0 saturated carbocycles. The number of carbonyl (C=O) groups is 1. The van der Waals surface area contributed by atoms with Crippen LogP contribution < -0.4 is 0 Å². The Bertz CT molecular complexity index is 628. The molecule has 1 aliphatic rings. The molecule has 0 radical (unpaired) electrons. The minimum Gasteiger partial charge on any atom is -0.457 e. The van der Waals surface area contributed by atoms with Crippen LogP contribution in [0.25, 0.3) is 0 Å². The minimum atomic E-state index is -3.07. The summed E-state index contributed by atoms with van der Waals surface area (Å²) in [7, 11) is -3.07. The Hall–Kier alpha value is -1.26. The molecule has 1 fully saturated rings. The molecule has 1 aliphatic heterocycles. The molecule has 102 valence electrons. The lowest BCUT2D eigenvalue weighted by atomic mass is 10.2. The number of rotatable bonds is 3. The van der Waals surface area contributed by atoms with Gasteiger partial charge in [-0.2, -0.15) is 0 Å². The molecule has 1 aromatic rings. The van der Waals surface area contributed by atoms with Crippen molar-refractivity contribution >= 4 is 31.7 Å². The second-order valence-corrected chi connectivity index (χ2v) is 7.25. The zero-order valence-corrected chi connectivity index (χ0v) is 12.4. The summed E-state index contributed by atoms with van der Waals surface area (Å²) in [5, 5.41) is 0. The van der Waals surface area contributed by atoms with Gasteiger partial charge in [-0.1, -0.05) is 5.92 Å². The van der Waals surface area contributed by atoms with Gasteiger partial charge in [-0.25, -0.2) is 8.42 Å². The third-order valence-electron chi connectivity index (χ3n) is 3.02. The lowest BCUT2D eigenvalue weighted by molar-refractivity contribution is 0.0722. The van der Waals surface area contributed by atoms with Gasteiger partial charge in [0.15, 0.2) is 14.5 Å². The van der Waals surface area contributed by atoms with Crippen molar-refractivity contribution in [2.75, 3.05) is 18.1 Å². The summed E-state index contributed by atoms with van der Waals surface area (Å²) in [5.74, 6) is 2.14. The second kappa shape index (κ2) is 5.39. The van der Waals surface area contributed by atoms with Gasteiger partial charge in [0.05, 0.1) is 29.9 Å². The maximum Gasteiger partial charge on any atom is 0.259 e. The number of carbonyl (C=O) groups excluding carboxylic acids is 1. The van der Waals surface area contributed by atoms with Gasteiger partial charge in [0.1, 0.15) is 0 Å². The smallest absolute Gasteiger partial charge is 0.259 e. The largest absolute Gasteiger partial charge is 0.457 e. The molecule has 1 saturated heterocycles. The monoisotopic (exact) mass is 345 g/mol. The van der Waals surface area contributed by atoms with E-state index in [4.69, 9.17) is 10.8 Å². The van der Waals surface area contributed by atoms with Crippen molar-refractivity contribution in [1.82, 2.24) is 4.90 Å². The predicted octanol–water partition coefficient (Wildman–Crippen LogP) is 1.30. The quantitative estimate of drug-likeness (QED) is 0.774. The molecular formula is C12H12BrNO4S. The van der Waals surface area contributed by atoms with E-state index in [1.54, 1.807) is 0 Å². The molecule has 0 bridgehead atoms. The molecule has 1 aromatic heterocycles. The Kier molecular flexibility index (Phi) is 4.02. The Balaban J connectivity index is 2.24. The summed E-state index contributed by atoms with van der Waals surface area (Å²) in [4.78, 5) is 13.8. The van der Waals surface area contributed by atoms with Crippen LogP contribution in [0.3, 0.4) is 0 Å². The average molecular weight is 346 g/mol. The first-order valence-corrected chi connectivity index (χ1v) is 8.24. The summed E-state index contributed by atoms with van der Waals surface area (Å²) in [6.45, 7) is 0.0800. The Morgan fingerprint density at radius 2 is 2.37 bits per heavy atom. The third kappa shape index (κ3) is 3.01. The zero-order chi connectivity index (χ0) is 14.0. The Morgan fingerprint density at radius 1 is 1.63 bits per heavy atom. The zero-order valence-electron chi connectivity index (χ0n) is 10.0. The van der Waals surface area contributed by atoms with Crippen molar-refractivity contribution in [1.29, 1.82) is 0 Å². The molecule has 1 amide bonds. The van der Waals surface area contributed by atoms with Crippen molar-refractivity contribution in [2.45, 2.75) is 12.5 Å². The number of sulfone groups is 1. The van der Waals surface area contributed by atoms with Crippen molar-refractivity contribution in [3.8, 4) is 12.3 Å². The fourth-order valence-electron chi connectivity index (χ4n) is 2.09. The van der Waals surface area contributed by atoms with E-state index in [0.29, 0.717) is 16.7 Å². The highest BCUT2D eigenvalue weighted by Gasteiger charge is 2.35. The maximum absolute atomic E-state index is 12.4. The topological polar surface area (TPSA) is 67.6 Å². The fourth-order valence-corrected chi connectivity index (χ4v) is 4.23. The normalized spacial score (nSPS) is 20.9. The molecule has 0 N–H and O–H groups in total. The summed E-state index contributed by atoms with van der Waals surface area (Å²) < 4.78 is 28.4. The van der Waals surface area contributed by atoms with E-state index in [-0.39, 0.29) is 30.0 Å². The second-order valence-electron chi connectivity index (χ2n) is 4.30. The SMILES string of the molecule is C#CCN(C(=O)c1ccoc1Br)[C@H]1CCS(=O)(=O)C1. The number of hydrogen-bond donors (Lipinski definition) is 0. The van der Waals surface area contributed by atoms with E-state index in [2.05, 4.69) is 21.9 Å². The molecule has 2 rings (SSSR count). The van der Waals surface area contributed by atoms with Crippen LogP contribution in [-0.4, -0.2) is 43.3 Å². The van der Waals surface area contributed by atoms with Crippen LogP contribution in [0.4, 0.5) is 0 Å². The van der Waals surface area contributed by atoms with Crippen molar-refractivity contribution in [3.63, 3.8) is 0 Å². The van der Waals surface area contributed by atoms with E-state index in [0.717, 1.165) is 0 Å². The first-order valence-electron chi connectivity index (χ1n) is 5.62. The van der Waals surface area contributed by atoms with Crippen LogP contribution in [0, 0.1) is 12.3 Å². The standard InChI is InChI=1S/C12H12BrNO4S/c1-2-5-14(9-4-7-19(16,17)8-9)12(15)10-3-6-18-11(10)13/h1,3,6,9H,4-5,7-8H2/t9-/m0/s1. The van der Waals surface area contributed by atoms with Crippen molar-refractivity contribution in [3.05, 3.63) is 22.6 Å². The maximum atomic E-state index is 12.4. The first-order chi connectivity index (χ1) is 8.94. The molecule has 19 heavy (non-hydrogen) atoms. The average Bonchev–Trinajstić information content (AvgIpc) is 2.91. The molecule has 0 unspecified atom stereocenters. The van der Waals surface area contributed by atoms with Gasteiger partial charge in [0.25, 0.3) is 5.91 Å². The molecule has 7 heteroatoms. The summed E-state index contributed by atoms with van der Waals surface area (Å²) in [6.07, 6.45) is 7.07. The molecule has 5 nitrogen and oxygen atoms in total. The fraction of sp³-hybridized carbons (Fsp3) is 0.417. The number of nitrogens with zero attached hydrogens (tertiary/aromatic N) is 1. The Morgan fingerprint density at radius 3 is 2.84 bits per heavy atom. The van der Waals surface area contributed by atoms with Crippen molar-refractivity contribution in [2.24, 2.45) is 0 Å². The summed E-state index contributed by atoms with van der Waals surface area (Å²) in [5.41, 5.74) is 0.347. The summed E-state index contributed by atoms with van der Waals surface area (Å²) in [6, 6.07) is 1.16. The van der Waals surface area contributed by atoms with E-state index in [1.807, 2.05) is 0 Å². The highest BCUT2D eigenvalue weighted by Crippen LogP contribution is 2.24. The predicted molar refractivity (Wildman–Crippen MR) is 73.3 cm³/mol. The van der Waals surface area contributed by atoms with E-state index >= 15 is 0 Å². The van der Waals surface area contributed by atoms with Gasteiger partial charge < -0.3 is 9.32 Å². The van der Waals surface area contributed by atoms with E-state index in [1.165, 1.54) is 17.2 Å². The Labute approximate surface area is 120 Å². The molecular weight excluding hydrogens is 334 g/mol. The molecule has 0 spiro atoms. The van der Waals surface area contributed by atoms with E-state index < -0.39 is 9.84 Å². The molecule has 2 heterocycles. The molecule has 0 aliphatic carbocycles. The lowest BCUT2D eigenvalue weighted by Gasteiger charge is -2.25. The number of hydrogen-bond acceptors (Lipinski definition) is 4. The van der Waals surface area contributed by atoms with Crippen LogP contribution >= 0.6 is 15.9 Å². The minimum absolute atomic E-state index is 0.0319. The summed E-state index contributed by atoms with van der Waals surface area (Å²) >= 11 is 3.13. The lowest BCUT2D eigenvalue weighted by Crippen LogP contribution is -2.41. The van der Waals surface area contributed by atoms with Gasteiger partial charge in [-0.15, -0.1) is 6.42 Å². The molecule has 0 aromatic carbocycles. The van der Waals surface area contributed by atoms with Crippen molar-refractivity contribution < 1.29 is 17.6 Å². The van der Waals surface area contributed by atoms with E-state index in [9.17, 15) is 13.2 Å². The highest BCUT2D eigenvalue weighted by molar-refractivity contribution is 9.10. The van der Waals surface area contributed by atoms with Gasteiger partial charge in [-0.3, -0.25) is 4.79 Å². The number of halogens is 1. The van der Waals surface area contributed by atoms with Gasteiger partial charge in [-0.05, 0) is 28.4 Å². The van der Waals surface area contributed by atoms with Crippen LogP contribution in [0.1, 0.15) is 16.8 Å². The molecule has 1 atom stereocenters. The first kappa shape index (κ1) is 14.2.